The molecule has 0 bridgehead atoms. The molecule has 4 nitrogen and oxygen atoms in total. The number of hydrogen-bond donors (Lipinski definition) is 2. The van der Waals surface area contributed by atoms with Gasteiger partial charge in [-0.15, -0.1) is 0 Å². The molecular formula is C16H22N2O2. The highest BCUT2D eigenvalue weighted by Gasteiger charge is 2.22. The first-order chi connectivity index (χ1) is 9.69. The molecule has 1 fully saturated rings. The van der Waals surface area contributed by atoms with Crippen molar-refractivity contribution >= 4 is 23.2 Å². The highest BCUT2D eigenvalue weighted by molar-refractivity contribution is 5.95. The predicted octanol–water partition coefficient (Wildman–Crippen LogP) is 3.55. The Morgan fingerprint density at radius 1 is 1.15 bits per heavy atom. The first kappa shape index (κ1) is 14.6. The van der Waals surface area contributed by atoms with Crippen molar-refractivity contribution in [2.75, 3.05) is 10.6 Å². The van der Waals surface area contributed by atoms with Gasteiger partial charge in [0.2, 0.25) is 11.8 Å². The van der Waals surface area contributed by atoms with Crippen LogP contribution in [0.2, 0.25) is 0 Å². The number of amides is 2. The molecule has 0 saturated heterocycles. The van der Waals surface area contributed by atoms with Gasteiger partial charge in [0.15, 0.2) is 0 Å². The van der Waals surface area contributed by atoms with E-state index in [0.29, 0.717) is 6.42 Å². The van der Waals surface area contributed by atoms with Gasteiger partial charge in [-0.05, 0) is 37.5 Å². The van der Waals surface area contributed by atoms with Crippen molar-refractivity contribution in [3.05, 3.63) is 24.3 Å². The van der Waals surface area contributed by atoms with Gasteiger partial charge < -0.3 is 10.6 Å². The molecule has 0 spiro atoms. The Morgan fingerprint density at radius 2 is 1.80 bits per heavy atom. The number of carbonyl (C=O) groups is 2. The minimum atomic E-state index is 0.00627. The Balaban J connectivity index is 1.95. The van der Waals surface area contributed by atoms with Crippen LogP contribution in [0.4, 0.5) is 11.4 Å². The van der Waals surface area contributed by atoms with E-state index in [1.54, 1.807) is 6.07 Å². The summed E-state index contributed by atoms with van der Waals surface area (Å²) in [7, 11) is 0. The van der Waals surface area contributed by atoms with Crippen LogP contribution < -0.4 is 10.6 Å². The molecule has 0 radical (unpaired) electrons. The van der Waals surface area contributed by atoms with E-state index in [9.17, 15) is 9.59 Å². The van der Waals surface area contributed by atoms with Crippen LogP contribution in [0.15, 0.2) is 24.3 Å². The summed E-state index contributed by atoms with van der Waals surface area (Å²) in [5.41, 5.74) is 1.48. The zero-order chi connectivity index (χ0) is 14.4. The van der Waals surface area contributed by atoms with Crippen molar-refractivity contribution in [3.63, 3.8) is 0 Å². The molecular weight excluding hydrogens is 252 g/mol. The van der Waals surface area contributed by atoms with Gasteiger partial charge in [0.1, 0.15) is 0 Å². The van der Waals surface area contributed by atoms with Crippen LogP contribution >= 0.6 is 0 Å². The lowest BCUT2D eigenvalue weighted by atomic mass is 10.1. The molecule has 1 aliphatic rings. The summed E-state index contributed by atoms with van der Waals surface area (Å²) in [5, 5.41) is 5.78. The van der Waals surface area contributed by atoms with Crippen molar-refractivity contribution in [3.8, 4) is 0 Å². The molecule has 108 valence electrons. The third-order valence-electron chi connectivity index (χ3n) is 3.62. The van der Waals surface area contributed by atoms with Crippen LogP contribution in [0, 0.1) is 5.92 Å². The van der Waals surface area contributed by atoms with E-state index < -0.39 is 0 Å². The van der Waals surface area contributed by atoms with Crippen molar-refractivity contribution in [1.82, 2.24) is 0 Å². The Morgan fingerprint density at radius 3 is 2.45 bits per heavy atom. The number of anilines is 2. The van der Waals surface area contributed by atoms with Crippen molar-refractivity contribution in [2.24, 2.45) is 5.92 Å². The molecule has 2 rings (SSSR count). The molecule has 1 saturated carbocycles. The molecule has 2 amide bonds. The first-order valence-corrected chi connectivity index (χ1v) is 7.40. The van der Waals surface area contributed by atoms with E-state index in [0.717, 1.165) is 43.5 Å². The Bertz CT molecular complexity index is 479. The fourth-order valence-electron chi connectivity index (χ4n) is 2.56. The largest absolute Gasteiger partial charge is 0.326 e. The van der Waals surface area contributed by atoms with E-state index in [2.05, 4.69) is 10.6 Å². The van der Waals surface area contributed by atoms with Gasteiger partial charge in [0, 0.05) is 23.7 Å². The van der Waals surface area contributed by atoms with Crippen LogP contribution in [0.25, 0.3) is 0 Å². The fourth-order valence-corrected chi connectivity index (χ4v) is 2.56. The summed E-state index contributed by atoms with van der Waals surface area (Å²) in [4.78, 5) is 23.6. The summed E-state index contributed by atoms with van der Waals surface area (Å²) in [6.45, 7) is 1.97. The average Bonchev–Trinajstić information content (AvgIpc) is 2.93. The second kappa shape index (κ2) is 7.08. The summed E-state index contributed by atoms with van der Waals surface area (Å²) in [5.74, 6) is 0.250. The number of nitrogens with one attached hydrogen (secondary N) is 2. The molecule has 4 heteroatoms. The predicted molar refractivity (Wildman–Crippen MR) is 80.6 cm³/mol. The van der Waals surface area contributed by atoms with Gasteiger partial charge in [-0.25, -0.2) is 0 Å². The monoisotopic (exact) mass is 274 g/mol. The summed E-state index contributed by atoms with van der Waals surface area (Å²) in [6, 6.07) is 7.33. The first-order valence-electron chi connectivity index (χ1n) is 7.40. The van der Waals surface area contributed by atoms with Crippen LogP contribution in [-0.4, -0.2) is 11.8 Å². The SMILES string of the molecule is CCCC(=O)Nc1cccc(NC(=O)C2CCCC2)c1. The van der Waals surface area contributed by atoms with Crippen molar-refractivity contribution in [1.29, 1.82) is 0 Å². The standard InChI is InChI=1S/C16H22N2O2/c1-2-6-15(19)17-13-9-5-10-14(11-13)18-16(20)12-7-3-4-8-12/h5,9-12H,2-4,6-8H2,1H3,(H,17,19)(H,18,20). The number of carbonyl (C=O) groups excluding carboxylic acids is 2. The quantitative estimate of drug-likeness (QED) is 0.862. The average molecular weight is 274 g/mol. The van der Waals surface area contributed by atoms with Crippen LogP contribution in [-0.2, 0) is 9.59 Å². The zero-order valence-corrected chi connectivity index (χ0v) is 11.9. The van der Waals surface area contributed by atoms with Gasteiger partial charge in [-0.2, -0.15) is 0 Å². The normalized spacial score (nSPS) is 15.1. The van der Waals surface area contributed by atoms with E-state index in [-0.39, 0.29) is 17.7 Å². The minimum absolute atomic E-state index is 0.00627. The Labute approximate surface area is 119 Å². The van der Waals surface area contributed by atoms with Gasteiger partial charge in [0.05, 0.1) is 0 Å². The third kappa shape index (κ3) is 4.08. The van der Waals surface area contributed by atoms with E-state index in [1.165, 1.54) is 0 Å². The van der Waals surface area contributed by atoms with E-state index >= 15 is 0 Å². The van der Waals surface area contributed by atoms with Gasteiger partial charge >= 0.3 is 0 Å². The molecule has 0 heterocycles. The second-order valence-electron chi connectivity index (χ2n) is 5.35. The van der Waals surface area contributed by atoms with Crippen LogP contribution in [0.1, 0.15) is 45.4 Å². The molecule has 2 N–H and O–H groups in total. The van der Waals surface area contributed by atoms with Crippen LogP contribution in [0.3, 0.4) is 0 Å². The number of rotatable bonds is 5. The van der Waals surface area contributed by atoms with Crippen molar-refractivity contribution < 1.29 is 9.59 Å². The molecule has 1 aromatic rings. The minimum Gasteiger partial charge on any atom is -0.326 e. The lowest BCUT2D eigenvalue weighted by molar-refractivity contribution is -0.119. The maximum Gasteiger partial charge on any atom is 0.227 e. The van der Waals surface area contributed by atoms with Gasteiger partial charge in [-0.1, -0.05) is 25.8 Å². The number of benzene rings is 1. The maximum absolute atomic E-state index is 12.1. The Kier molecular flexibility index (Phi) is 5.16. The fraction of sp³-hybridized carbons (Fsp3) is 0.500. The van der Waals surface area contributed by atoms with E-state index in [1.807, 2.05) is 25.1 Å². The van der Waals surface area contributed by atoms with Crippen molar-refractivity contribution in [2.45, 2.75) is 45.4 Å². The van der Waals surface area contributed by atoms with Gasteiger partial charge in [0.25, 0.3) is 0 Å². The highest BCUT2D eigenvalue weighted by atomic mass is 16.2. The van der Waals surface area contributed by atoms with Gasteiger partial charge in [-0.3, -0.25) is 9.59 Å². The molecule has 0 atom stereocenters. The molecule has 0 aromatic heterocycles. The van der Waals surface area contributed by atoms with Crippen LogP contribution in [0.5, 0.6) is 0 Å². The third-order valence-corrected chi connectivity index (χ3v) is 3.62. The molecule has 1 aliphatic carbocycles. The van der Waals surface area contributed by atoms with E-state index in [4.69, 9.17) is 0 Å². The zero-order valence-electron chi connectivity index (χ0n) is 11.9. The highest BCUT2D eigenvalue weighted by Crippen LogP contribution is 2.26. The lowest BCUT2D eigenvalue weighted by Crippen LogP contribution is -2.20. The summed E-state index contributed by atoms with van der Waals surface area (Å²) >= 11 is 0. The molecule has 0 aliphatic heterocycles. The molecule has 1 aromatic carbocycles. The molecule has 20 heavy (non-hydrogen) atoms. The number of hydrogen-bond acceptors (Lipinski definition) is 2. The second-order valence-corrected chi connectivity index (χ2v) is 5.35. The molecule has 0 unspecified atom stereocenters. The summed E-state index contributed by atoms with van der Waals surface area (Å²) in [6.07, 6.45) is 5.59. The summed E-state index contributed by atoms with van der Waals surface area (Å²) < 4.78 is 0. The smallest absolute Gasteiger partial charge is 0.227 e. The maximum atomic E-state index is 12.1. The lowest BCUT2D eigenvalue weighted by Gasteiger charge is -2.11. The Hall–Kier alpha value is -1.84. The topological polar surface area (TPSA) is 58.2 Å².